The van der Waals surface area contributed by atoms with Crippen LogP contribution in [0.1, 0.15) is 48.3 Å². The van der Waals surface area contributed by atoms with Crippen molar-refractivity contribution >= 4 is 11.8 Å². The Bertz CT molecular complexity index is 854. The number of morpholine rings is 1. The van der Waals surface area contributed by atoms with E-state index in [0.717, 1.165) is 24.2 Å². The van der Waals surface area contributed by atoms with Crippen LogP contribution < -0.4 is 10.6 Å². The number of hydrogen-bond acceptors (Lipinski definition) is 4. The van der Waals surface area contributed by atoms with E-state index in [1.54, 1.807) is 12.1 Å². The number of nitrogens with zero attached hydrogens (tertiary/aromatic N) is 1. The summed E-state index contributed by atoms with van der Waals surface area (Å²) >= 11 is 0. The van der Waals surface area contributed by atoms with Crippen molar-refractivity contribution < 1.29 is 14.3 Å². The Labute approximate surface area is 185 Å². The number of benzene rings is 2. The van der Waals surface area contributed by atoms with Crippen molar-refractivity contribution in [3.63, 3.8) is 0 Å². The monoisotopic (exact) mass is 423 g/mol. The summed E-state index contributed by atoms with van der Waals surface area (Å²) in [6.45, 7) is 10.2. The van der Waals surface area contributed by atoms with E-state index in [0.29, 0.717) is 25.3 Å². The Hall–Kier alpha value is -2.70. The summed E-state index contributed by atoms with van der Waals surface area (Å²) in [7, 11) is 0. The Kier molecular flexibility index (Phi) is 7.82. The lowest BCUT2D eigenvalue weighted by atomic mass is 9.87. The predicted octanol–water partition coefficient (Wildman–Crippen LogP) is 2.90. The van der Waals surface area contributed by atoms with Gasteiger partial charge in [-0.15, -0.1) is 0 Å². The molecule has 2 aromatic rings. The Morgan fingerprint density at radius 3 is 2.26 bits per heavy atom. The molecule has 6 nitrogen and oxygen atoms in total. The smallest absolute Gasteiger partial charge is 0.251 e. The van der Waals surface area contributed by atoms with Crippen LogP contribution in [-0.2, 0) is 14.9 Å². The molecule has 3 rings (SSSR count). The summed E-state index contributed by atoms with van der Waals surface area (Å²) in [6.07, 6.45) is 0. The van der Waals surface area contributed by atoms with Crippen molar-refractivity contribution in [3.8, 4) is 0 Å². The zero-order chi connectivity index (χ0) is 22.3. The topological polar surface area (TPSA) is 70.7 Å². The van der Waals surface area contributed by atoms with Crippen molar-refractivity contribution in [3.05, 3.63) is 71.3 Å². The molecule has 1 atom stereocenters. The zero-order valence-electron chi connectivity index (χ0n) is 18.7. The van der Waals surface area contributed by atoms with Crippen LogP contribution in [0.3, 0.4) is 0 Å². The van der Waals surface area contributed by atoms with Crippen molar-refractivity contribution in [1.82, 2.24) is 15.5 Å². The maximum absolute atomic E-state index is 12.6. The van der Waals surface area contributed by atoms with E-state index in [9.17, 15) is 9.59 Å². The number of carbonyl (C=O) groups is 2. The predicted molar refractivity (Wildman–Crippen MR) is 122 cm³/mol. The van der Waals surface area contributed by atoms with Gasteiger partial charge in [-0.3, -0.25) is 14.5 Å². The van der Waals surface area contributed by atoms with E-state index in [1.165, 1.54) is 0 Å². The quantitative estimate of drug-likeness (QED) is 0.718. The number of ether oxygens (including phenoxy) is 1. The maximum atomic E-state index is 12.6. The summed E-state index contributed by atoms with van der Waals surface area (Å²) < 4.78 is 5.42. The van der Waals surface area contributed by atoms with E-state index in [1.807, 2.05) is 42.5 Å². The van der Waals surface area contributed by atoms with Crippen LogP contribution in [0.2, 0.25) is 0 Å². The number of amides is 2. The fourth-order valence-electron chi connectivity index (χ4n) is 3.59. The van der Waals surface area contributed by atoms with Gasteiger partial charge < -0.3 is 15.4 Å². The molecule has 1 unspecified atom stereocenters. The molecule has 1 aliphatic rings. The van der Waals surface area contributed by atoms with Gasteiger partial charge in [0.1, 0.15) is 0 Å². The summed E-state index contributed by atoms with van der Waals surface area (Å²) in [4.78, 5) is 27.4. The van der Waals surface area contributed by atoms with Crippen LogP contribution in [0.25, 0.3) is 0 Å². The van der Waals surface area contributed by atoms with Crippen LogP contribution in [0, 0.1) is 0 Å². The molecule has 2 aromatic carbocycles. The first-order valence-electron chi connectivity index (χ1n) is 10.9. The third kappa shape index (κ3) is 6.91. The normalized spacial score (nSPS) is 15.8. The van der Waals surface area contributed by atoms with Gasteiger partial charge in [-0.05, 0) is 28.7 Å². The molecule has 0 aromatic heterocycles. The highest BCUT2D eigenvalue weighted by atomic mass is 16.5. The average Bonchev–Trinajstić information content (AvgIpc) is 2.78. The van der Waals surface area contributed by atoms with Gasteiger partial charge in [0.25, 0.3) is 5.91 Å². The van der Waals surface area contributed by atoms with E-state index in [2.05, 4.69) is 36.3 Å². The molecule has 2 N–H and O–H groups in total. The molecule has 0 spiro atoms. The molecule has 166 valence electrons. The Morgan fingerprint density at radius 1 is 1.00 bits per heavy atom. The first-order chi connectivity index (χ1) is 14.8. The summed E-state index contributed by atoms with van der Waals surface area (Å²) in [5.74, 6) is -0.457. The molecule has 31 heavy (non-hydrogen) atoms. The summed E-state index contributed by atoms with van der Waals surface area (Å²) in [6, 6.07) is 17.3. The minimum absolute atomic E-state index is 0.0296. The highest BCUT2D eigenvalue weighted by Crippen LogP contribution is 2.22. The molecule has 1 saturated heterocycles. The minimum atomic E-state index is -0.250. The second-order valence-corrected chi connectivity index (χ2v) is 8.95. The molecule has 1 heterocycles. The largest absolute Gasteiger partial charge is 0.379 e. The molecule has 0 aliphatic carbocycles. The fourth-order valence-corrected chi connectivity index (χ4v) is 3.59. The number of nitrogens with one attached hydrogen (secondary N) is 2. The Balaban J connectivity index is 1.56. The van der Waals surface area contributed by atoms with Crippen LogP contribution in [0.15, 0.2) is 54.6 Å². The lowest BCUT2D eigenvalue weighted by molar-refractivity contribution is -0.121. The molecular weight excluding hydrogens is 390 g/mol. The summed E-state index contributed by atoms with van der Waals surface area (Å²) in [5, 5.41) is 5.81. The maximum Gasteiger partial charge on any atom is 0.251 e. The van der Waals surface area contributed by atoms with Crippen LogP contribution in [0.4, 0.5) is 0 Å². The fraction of sp³-hybridized carbons (Fsp3) is 0.440. The van der Waals surface area contributed by atoms with Crippen molar-refractivity contribution in [2.24, 2.45) is 0 Å². The van der Waals surface area contributed by atoms with Crippen molar-refractivity contribution in [2.45, 2.75) is 32.2 Å². The van der Waals surface area contributed by atoms with Crippen LogP contribution >= 0.6 is 0 Å². The van der Waals surface area contributed by atoms with Crippen molar-refractivity contribution in [1.29, 1.82) is 0 Å². The lowest BCUT2D eigenvalue weighted by Gasteiger charge is -2.31. The molecule has 1 aliphatic heterocycles. The van der Waals surface area contributed by atoms with Gasteiger partial charge in [-0.2, -0.15) is 0 Å². The van der Waals surface area contributed by atoms with Crippen molar-refractivity contribution in [2.75, 3.05) is 39.4 Å². The van der Waals surface area contributed by atoms with Gasteiger partial charge in [-0.25, -0.2) is 0 Å². The van der Waals surface area contributed by atoms with E-state index < -0.39 is 0 Å². The highest BCUT2D eigenvalue weighted by molar-refractivity contribution is 5.96. The molecule has 0 bridgehead atoms. The van der Waals surface area contributed by atoms with Gasteiger partial charge in [0.15, 0.2) is 0 Å². The first-order valence-corrected chi connectivity index (χ1v) is 10.9. The third-order valence-electron chi connectivity index (χ3n) is 5.50. The first kappa shape index (κ1) is 23.0. The second kappa shape index (κ2) is 10.6. The molecule has 2 amide bonds. The van der Waals surface area contributed by atoms with Gasteiger partial charge >= 0.3 is 0 Å². The molecular formula is C25H33N3O3. The third-order valence-corrected chi connectivity index (χ3v) is 5.50. The molecule has 0 saturated carbocycles. The van der Waals surface area contributed by atoms with Gasteiger partial charge in [0.05, 0.1) is 25.8 Å². The van der Waals surface area contributed by atoms with Gasteiger partial charge in [0, 0.05) is 25.2 Å². The number of rotatable bonds is 7. The number of carbonyl (C=O) groups excluding carboxylic acids is 2. The number of hydrogen-bond donors (Lipinski definition) is 2. The standard InChI is InChI=1S/C25H33N3O3/c1-25(2,3)21-11-9-20(10-12-21)24(30)26-17-23(29)27-22(19-7-5-4-6-8-19)18-28-13-15-31-16-14-28/h4-12,22H,13-18H2,1-3H3,(H,26,30)(H,27,29). The minimum Gasteiger partial charge on any atom is -0.379 e. The molecule has 6 heteroatoms. The summed E-state index contributed by atoms with van der Waals surface area (Å²) in [5.41, 5.74) is 2.79. The average molecular weight is 424 g/mol. The van der Waals surface area contributed by atoms with Crippen LogP contribution in [-0.4, -0.2) is 56.1 Å². The van der Waals surface area contributed by atoms with E-state index in [4.69, 9.17) is 4.74 Å². The SMILES string of the molecule is CC(C)(C)c1ccc(C(=O)NCC(=O)NC(CN2CCOCC2)c2ccccc2)cc1. The Morgan fingerprint density at radius 2 is 1.65 bits per heavy atom. The second-order valence-electron chi connectivity index (χ2n) is 8.95. The lowest BCUT2D eigenvalue weighted by Crippen LogP contribution is -2.45. The van der Waals surface area contributed by atoms with E-state index >= 15 is 0 Å². The zero-order valence-corrected chi connectivity index (χ0v) is 18.7. The van der Waals surface area contributed by atoms with E-state index in [-0.39, 0.29) is 29.8 Å². The molecule has 0 radical (unpaired) electrons. The van der Waals surface area contributed by atoms with Gasteiger partial charge in [-0.1, -0.05) is 63.2 Å². The van der Waals surface area contributed by atoms with Crippen LogP contribution in [0.5, 0.6) is 0 Å². The highest BCUT2D eigenvalue weighted by Gasteiger charge is 2.20. The van der Waals surface area contributed by atoms with Gasteiger partial charge in [0.2, 0.25) is 5.91 Å². The molecule has 1 fully saturated rings.